The van der Waals surface area contributed by atoms with E-state index in [9.17, 15) is 4.79 Å². The minimum absolute atomic E-state index is 0.347. The van der Waals surface area contributed by atoms with Gasteiger partial charge in [0.15, 0.2) is 5.75 Å². The van der Waals surface area contributed by atoms with Crippen LogP contribution < -0.4 is 4.89 Å². The van der Waals surface area contributed by atoms with Crippen LogP contribution in [0.5, 0.6) is 5.75 Å². The lowest BCUT2D eigenvalue weighted by Crippen LogP contribution is -1.98. The predicted octanol–water partition coefficient (Wildman–Crippen LogP) is 4.19. The molecule has 5 heteroatoms. The molecule has 0 fully saturated rings. The van der Waals surface area contributed by atoms with Gasteiger partial charge in [-0.2, -0.15) is 4.89 Å². The third-order valence-electron chi connectivity index (χ3n) is 2.84. The van der Waals surface area contributed by atoms with Gasteiger partial charge in [0.25, 0.3) is 0 Å². The summed E-state index contributed by atoms with van der Waals surface area (Å²) in [6.45, 7) is 8.87. The fourth-order valence-corrected chi connectivity index (χ4v) is 1.66. The van der Waals surface area contributed by atoms with Gasteiger partial charge in [0.1, 0.15) is 6.61 Å². The van der Waals surface area contributed by atoms with Crippen LogP contribution in [0.4, 0.5) is 0 Å². The van der Waals surface area contributed by atoms with Crippen molar-refractivity contribution in [3.63, 3.8) is 0 Å². The fraction of sp³-hybridized carbons (Fsp3) is 0.190. The molecule has 0 atom stereocenters. The topological polar surface area (TPSA) is 65.0 Å². The van der Waals surface area contributed by atoms with E-state index in [2.05, 4.69) is 30.0 Å². The highest BCUT2D eigenvalue weighted by molar-refractivity contribution is 5.86. The summed E-state index contributed by atoms with van der Waals surface area (Å²) in [7, 11) is 2.33. The summed E-state index contributed by atoms with van der Waals surface area (Å²) in [6, 6.07) is 18.0. The molecule has 0 radical (unpaired) electrons. The van der Waals surface area contributed by atoms with Gasteiger partial charge in [-0.15, -0.1) is 6.58 Å². The Kier molecular flexibility index (Phi) is 12.8. The van der Waals surface area contributed by atoms with Crippen molar-refractivity contribution in [1.82, 2.24) is 0 Å². The third kappa shape index (κ3) is 9.42. The molecular weight excluding hydrogens is 332 g/mol. The van der Waals surface area contributed by atoms with Gasteiger partial charge in [0.2, 0.25) is 0 Å². The SMILES string of the molecule is C=C(C)C(=O)OC.C=CCOOc1ccc(-c2ccccc2)cc1.CO. The Morgan fingerprint density at radius 2 is 1.58 bits per heavy atom. The van der Waals surface area contributed by atoms with Gasteiger partial charge in [0, 0.05) is 12.7 Å². The first-order valence-electron chi connectivity index (χ1n) is 7.83. The Morgan fingerprint density at radius 3 is 2.00 bits per heavy atom. The third-order valence-corrected chi connectivity index (χ3v) is 2.84. The van der Waals surface area contributed by atoms with E-state index in [4.69, 9.17) is 14.9 Å². The lowest BCUT2D eigenvalue weighted by atomic mass is 10.1. The molecule has 1 N–H and O–H groups in total. The molecule has 0 aliphatic heterocycles. The van der Waals surface area contributed by atoms with Crippen LogP contribution in [0.3, 0.4) is 0 Å². The van der Waals surface area contributed by atoms with Gasteiger partial charge in [-0.1, -0.05) is 55.1 Å². The molecule has 0 spiro atoms. The van der Waals surface area contributed by atoms with Crippen LogP contribution in [0.15, 0.2) is 79.4 Å². The second-order valence-electron chi connectivity index (χ2n) is 4.82. The van der Waals surface area contributed by atoms with E-state index in [1.165, 1.54) is 12.7 Å². The van der Waals surface area contributed by atoms with Crippen LogP contribution in [0.1, 0.15) is 6.92 Å². The molecule has 0 aliphatic carbocycles. The molecule has 26 heavy (non-hydrogen) atoms. The van der Waals surface area contributed by atoms with Crippen LogP contribution in [0, 0.1) is 0 Å². The minimum atomic E-state index is -0.347. The van der Waals surface area contributed by atoms with Crippen molar-refractivity contribution in [2.75, 3.05) is 20.8 Å². The fourth-order valence-electron chi connectivity index (χ4n) is 1.66. The van der Waals surface area contributed by atoms with E-state index < -0.39 is 0 Å². The van der Waals surface area contributed by atoms with Crippen molar-refractivity contribution in [3.05, 3.63) is 79.4 Å². The number of benzene rings is 2. The standard InChI is InChI=1S/C15H14O2.C5H8O2.CH4O/c1-2-12-16-17-15-10-8-14(9-11-15)13-6-4-3-5-7-13;1-4(2)5(6)7-3;1-2/h2-11H,1,12H2;1H2,2-3H3;2H,1H3. The van der Waals surface area contributed by atoms with Crippen molar-refractivity contribution >= 4 is 5.97 Å². The van der Waals surface area contributed by atoms with Gasteiger partial charge in [-0.25, -0.2) is 4.79 Å². The Hall–Kier alpha value is -2.89. The largest absolute Gasteiger partial charge is 0.466 e. The number of esters is 1. The second kappa shape index (κ2) is 14.5. The highest BCUT2D eigenvalue weighted by Gasteiger charge is 1.98. The zero-order chi connectivity index (χ0) is 19.8. The first-order chi connectivity index (χ1) is 12.6. The first kappa shape index (κ1) is 23.1. The lowest BCUT2D eigenvalue weighted by Gasteiger charge is -2.04. The molecule has 5 nitrogen and oxygen atoms in total. The summed E-state index contributed by atoms with van der Waals surface area (Å²) in [6.07, 6.45) is 1.64. The van der Waals surface area contributed by atoms with Crippen molar-refractivity contribution in [3.8, 4) is 16.9 Å². The summed E-state index contributed by atoms with van der Waals surface area (Å²) in [5.41, 5.74) is 2.77. The van der Waals surface area contributed by atoms with Crippen LogP contribution in [-0.2, 0) is 14.4 Å². The molecule has 0 aromatic heterocycles. The number of methoxy groups -OCH3 is 1. The number of aliphatic hydroxyl groups excluding tert-OH is 1. The highest BCUT2D eigenvalue weighted by atomic mass is 17.2. The Labute approximate surface area is 155 Å². The van der Waals surface area contributed by atoms with Gasteiger partial charge < -0.3 is 14.7 Å². The van der Waals surface area contributed by atoms with Crippen LogP contribution in [-0.4, -0.2) is 31.9 Å². The average molecular weight is 358 g/mol. The molecule has 2 rings (SSSR count). The highest BCUT2D eigenvalue weighted by Crippen LogP contribution is 2.21. The average Bonchev–Trinajstić information content (AvgIpc) is 2.70. The molecule has 2 aromatic rings. The number of hydrogen-bond donors (Lipinski definition) is 1. The Morgan fingerprint density at radius 1 is 1.04 bits per heavy atom. The number of rotatable bonds is 6. The number of carbonyl (C=O) groups is 1. The van der Waals surface area contributed by atoms with E-state index in [0.29, 0.717) is 17.9 Å². The first-order valence-corrected chi connectivity index (χ1v) is 7.83. The molecule has 140 valence electrons. The van der Waals surface area contributed by atoms with E-state index in [0.717, 1.165) is 12.7 Å². The normalized spacial score (nSPS) is 8.77. The molecule has 2 aromatic carbocycles. The van der Waals surface area contributed by atoms with E-state index >= 15 is 0 Å². The van der Waals surface area contributed by atoms with E-state index in [1.54, 1.807) is 13.0 Å². The molecule has 0 aliphatic rings. The van der Waals surface area contributed by atoms with Gasteiger partial charge in [-0.3, -0.25) is 0 Å². The minimum Gasteiger partial charge on any atom is -0.466 e. The van der Waals surface area contributed by atoms with Gasteiger partial charge in [-0.05, 0) is 30.2 Å². The number of aliphatic hydroxyl groups is 1. The van der Waals surface area contributed by atoms with E-state index in [1.807, 2.05) is 42.5 Å². The van der Waals surface area contributed by atoms with Crippen molar-refractivity contribution in [1.29, 1.82) is 0 Å². The number of carbonyl (C=O) groups excluding carboxylic acids is 1. The zero-order valence-electron chi connectivity index (χ0n) is 15.5. The molecule has 0 unspecified atom stereocenters. The summed E-state index contributed by atoms with van der Waals surface area (Å²) < 4.78 is 4.27. The summed E-state index contributed by atoms with van der Waals surface area (Å²) >= 11 is 0. The maximum Gasteiger partial charge on any atom is 0.332 e. The van der Waals surface area contributed by atoms with Crippen LogP contribution >= 0.6 is 0 Å². The molecule has 0 heterocycles. The maximum atomic E-state index is 10.2. The van der Waals surface area contributed by atoms with Crippen molar-refractivity contribution in [2.45, 2.75) is 6.92 Å². The number of hydrogen-bond acceptors (Lipinski definition) is 5. The number of ether oxygens (including phenoxy) is 1. The summed E-state index contributed by atoms with van der Waals surface area (Å²) in [4.78, 5) is 20.2. The predicted molar refractivity (Wildman–Crippen MR) is 104 cm³/mol. The lowest BCUT2D eigenvalue weighted by molar-refractivity contribution is -0.195. The second-order valence-corrected chi connectivity index (χ2v) is 4.82. The Bertz CT molecular complexity index is 648. The molecule has 0 saturated carbocycles. The smallest absolute Gasteiger partial charge is 0.332 e. The monoisotopic (exact) mass is 358 g/mol. The summed E-state index contributed by atoms with van der Waals surface area (Å²) in [5.74, 6) is 0.339. The molecule has 0 saturated heterocycles. The van der Waals surface area contributed by atoms with Crippen molar-refractivity contribution in [2.24, 2.45) is 0 Å². The quantitative estimate of drug-likeness (QED) is 0.209. The van der Waals surface area contributed by atoms with Crippen molar-refractivity contribution < 1.29 is 24.4 Å². The molecular formula is C21H26O5. The Balaban J connectivity index is 0.000000589. The van der Waals surface area contributed by atoms with Crippen LogP contribution in [0.2, 0.25) is 0 Å². The molecule has 0 amide bonds. The maximum absolute atomic E-state index is 10.2. The van der Waals surface area contributed by atoms with Gasteiger partial charge >= 0.3 is 5.97 Å². The summed E-state index contributed by atoms with van der Waals surface area (Å²) in [5, 5.41) is 7.00. The van der Waals surface area contributed by atoms with Crippen LogP contribution in [0.25, 0.3) is 11.1 Å². The van der Waals surface area contributed by atoms with Gasteiger partial charge in [0.05, 0.1) is 7.11 Å². The molecule has 0 bridgehead atoms. The van der Waals surface area contributed by atoms with E-state index in [-0.39, 0.29) is 5.97 Å². The zero-order valence-corrected chi connectivity index (χ0v) is 15.5.